The molecular formula is C12H17NO2. The van der Waals surface area contributed by atoms with Crippen LogP contribution < -0.4 is 5.32 Å². The third kappa shape index (κ3) is 2.37. The molecule has 1 heterocycles. The van der Waals surface area contributed by atoms with Crippen LogP contribution in [0.4, 0.5) is 0 Å². The number of ether oxygens (including phenoxy) is 1. The first-order valence-electron chi connectivity index (χ1n) is 5.38. The van der Waals surface area contributed by atoms with Gasteiger partial charge in [0.2, 0.25) is 0 Å². The number of morpholine rings is 1. The Hall–Kier alpha value is -0.900. The standard InChI is InChI=1S/C12H17NO2/c1-9(14)10-4-2-3-5-11(10)12-8-13-6-7-15-12/h2-5,9,12-14H,6-8H2,1H3. The van der Waals surface area contributed by atoms with E-state index < -0.39 is 6.10 Å². The predicted molar refractivity (Wildman–Crippen MR) is 58.6 cm³/mol. The van der Waals surface area contributed by atoms with Crippen molar-refractivity contribution in [2.24, 2.45) is 0 Å². The first kappa shape index (κ1) is 10.6. The van der Waals surface area contributed by atoms with Crippen molar-refractivity contribution < 1.29 is 9.84 Å². The monoisotopic (exact) mass is 207 g/mol. The van der Waals surface area contributed by atoms with E-state index in [-0.39, 0.29) is 6.10 Å². The van der Waals surface area contributed by atoms with E-state index in [0.29, 0.717) is 0 Å². The zero-order valence-corrected chi connectivity index (χ0v) is 8.94. The summed E-state index contributed by atoms with van der Waals surface area (Å²) in [5.74, 6) is 0. The lowest BCUT2D eigenvalue weighted by atomic mass is 9.98. The molecule has 0 spiro atoms. The summed E-state index contributed by atoms with van der Waals surface area (Å²) in [4.78, 5) is 0. The first-order chi connectivity index (χ1) is 7.29. The van der Waals surface area contributed by atoms with Gasteiger partial charge < -0.3 is 15.2 Å². The maximum atomic E-state index is 9.66. The second-order valence-corrected chi connectivity index (χ2v) is 3.87. The molecule has 0 aromatic heterocycles. The predicted octanol–water partition coefficient (Wildman–Crippen LogP) is 1.40. The topological polar surface area (TPSA) is 41.5 Å². The van der Waals surface area contributed by atoms with Gasteiger partial charge in [-0.05, 0) is 18.1 Å². The van der Waals surface area contributed by atoms with Crippen LogP contribution in [0.15, 0.2) is 24.3 Å². The molecule has 0 bridgehead atoms. The van der Waals surface area contributed by atoms with Crippen LogP contribution >= 0.6 is 0 Å². The Morgan fingerprint density at radius 3 is 2.93 bits per heavy atom. The third-order valence-electron chi connectivity index (χ3n) is 2.72. The minimum Gasteiger partial charge on any atom is -0.389 e. The van der Waals surface area contributed by atoms with Gasteiger partial charge in [-0.15, -0.1) is 0 Å². The number of hydrogen-bond acceptors (Lipinski definition) is 3. The van der Waals surface area contributed by atoms with Gasteiger partial charge >= 0.3 is 0 Å². The molecule has 1 fully saturated rings. The molecule has 0 amide bonds. The molecule has 2 rings (SSSR count). The molecule has 2 atom stereocenters. The highest BCUT2D eigenvalue weighted by Crippen LogP contribution is 2.26. The van der Waals surface area contributed by atoms with Crippen LogP contribution in [0, 0.1) is 0 Å². The van der Waals surface area contributed by atoms with Gasteiger partial charge in [-0.25, -0.2) is 0 Å². The van der Waals surface area contributed by atoms with Crippen molar-refractivity contribution in [3.63, 3.8) is 0 Å². The zero-order chi connectivity index (χ0) is 10.7. The molecule has 1 saturated heterocycles. The van der Waals surface area contributed by atoms with Crippen molar-refractivity contribution in [1.29, 1.82) is 0 Å². The second kappa shape index (κ2) is 4.75. The molecule has 1 aromatic carbocycles. The normalized spacial score (nSPS) is 23.7. The summed E-state index contributed by atoms with van der Waals surface area (Å²) in [7, 11) is 0. The summed E-state index contributed by atoms with van der Waals surface area (Å²) in [5, 5.41) is 13.0. The highest BCUT2D eigenvalue weighted by Gasteiger charge is 2.19. The van der Waals surface area contributed by atoms with Gasteiger partial charge in [0, 0.05) is 13.1 Å². The smallest absolute Gasteiger partial charge is 0.0953 e. The van der Waals surface area contributed by atoms with E-state index in [1.54, 1.807) is 6.92 Å². The molecule has 82 valence electrons. The molecule has 0 radical (unpaired) electrons. The quantitative estimate of drug-likeness (QED) is 0.770. The van der Waals surface area contributed by atoms with Crippen molar-refractivity contribution in [3.05, 3.63) is 35.4 Å². The van der Waals surface area contributed by atoms with Crippen molar-refractivity contribution in [3.8, 4) is 0 Å². The Bertz CT molecular complexity index is 319. The van der Waals surface area contributed by atoms with Crippen LogP contribution in [0.5, 0.6) is 0 Å². The highest BCUT2D eigenvalue weighted by molar-refractivity contribution is 5.31. The van der Waals surface area contributed by atoms with Crippen molar-refractivity contribution >= 4 is 0 Å². The van der Waals surface area contributed by atoms with Gasteiger partial charge in [0.1, 0.15) is 0 Å². The summed E-state index contributed by atoms with van der Waals surface area (Å²) >= 11 is 0. The lowest BCUT2D eigenvalue weighted by Gasteiger charge is -2.26. The zero-order valence-electron chi connectivity index (χ0n) is 8.94. The Labute approximate surface area is 90.1 Å². The molecule has 15 heavy (non-hydrogen) atoms. The van der Waals surface area contributed by atoms with Crippen LogP contribution in [0.1, 0.15) is 30.3 Å². The molecule has 0 aliphatic carbocycles. The van der Waals surface area contributed by atoms with E-state index in [9.17, 15) is 5.11 Å². The van der Waals surface area contributed by atoms with Gasteiger partial charge in [-0.1, -0.05) is 24.3 Å². The number of nitrogens with one attached hydrogen (secondary N) is 1. The Balaban J connectivity index is 2.25. The second-order valence-electron chi connectivity index (χ2n) is 3.87. The summed E-state index contributed by atoms with van der Waals surface area (Å²) < 4.78 is 5.68. The largest absolute Gasteiger partial charge is 0.389 e. The van der Waals surface area contributed by atoms with Crippen LogP contribution in [0.2, 0.25) is 0 Å². The average Bonchev–Trinajstić information content (AvgIpc) is 2.30. The van der Waals surface area contributed by atoms with Gasteiger partial charge in [0.15, 0.2) is 0 Å². The van der Waals surface area contributed by atoms with E-state index in [2.05, 4.69) is 5.32 Å². The molecule has 1 aliphatic heterocycles. The van der Waals surface area contributed by atoms with E-state index in [1.165, 1.54) is 0 Å². The van der Waals surface area contributed by atoms with E-state index in [4.69, 9.17) is 4.74 Å². The van der Waals surface area contributed by atoms with Gasteiger partial charge in [-0.2, -0.15) is 0 Å². The minimum absolute atomic E-state index is 0.0737. The SMILES string of the molecule is CC(O)c1ccccc1C1CNCCO1. The fourth-order valence-corrected chi connectivity index (χ4v) is 1.95. The van der Waals surface area contributed by atoms with Crippen LogP contribution in [-0.4, -0.2) is 24.8 Å². The number of benzene rings is 1. The van der Waals surface area contributed by atoms with Crippen LogP contribution in [0.3, 0.4) is 0 Å². The Kier molecular flexibility index (Phi) is 3.36. The molecule has 1 aromatic rings. The molecular weight excluding hydrogens is 190 g/mol. The fraction of sp³-hybridized carbons (Fsp3) is 0.500. The molecule has 2 N–H and O–H groups in total. The number of aliphatic hydroxyl groups excluding tert-OH is 1. The Morgan fingerprint density at radius 2 is 2.27 bits per heavy atom. The average molecular weight is 207 g/mol. The lowest BCUT2D eigenvalue weighted by Crippen LogP contribution is -2.33. The van der Waals surface area contributed by atoms with Crippen molar-refractivity contribution in [1.82, 2.24) is 5.32 Å². The lowest BCUT2D eigenvalue weighted by molar-refractivity contribution is 0.0257. The minimum atomic E-state index is -0.438. The summed E-state index contributed by atoms with van der Waals surface area (Å²) in [6.45, 7) is 4.25. The third-order valence-corrected chi connectivity index (χ3v) is 2.72. The van der Waals surface area contributed by atoms with E-state index in [0.717, 1.165) is 30.8 Å². The first-order valence-corrected chi connectivity index (χ1v) is 5.38. The Morgan fingerprint density at radius 1 is 1.47 bits per heavy atom. The molecule has 1 aliphatic rings. The summed E-state index contributed by atoms with van der Waals surface area (Å²) in [5.41, 5.74) is 2.06. The number of rotatable bonds is 2. The highest BCUT2D eigenvalue weighted by atomic mass is 16.5. The molecule has 3 nitrogen and oxygen atoms in total. The number of hydrogen-bond donors (Lipinski definition) is 2. The van der Waals surface area contributed by atoms with Gasteiger partial charge in [0.25, 0.3) is 0 Å². The molecule has 3 heteroatoms. The summed E-state index contributed by atoms with van der Waals surface area (Å²) in [6, 6.07) is 7.92. The number of aliphatic hydroxyl groups is 1. The van der Waals surface area contributed by atoms with E-state index in [1.807, 2.05) is 24.3 Å². The van der Waals surface area contributed by atoms with Crippen molar-refractivity contribution in [2.75, 3.05) is 19.7 Å². The van der Waals surface area contributed by atoms with Crippen molar-refractivity contribution in [2.45, 2.75) is 19.1 Å². The van der Waals surface area contributed by atoms with E-state index >= 15 is 0 Å². The molecule has 2 unspecified atom stereocenters. The summed E-state index contributed by atoms with van der Waals surface area (Å²) in [6.07, 6.45) is -0.365. The molecule has 0 saturated carbocycles. The van der Waals surface area contributed by atoms with Gasteiger partial charge in [0.05, 0.1) is 18.8 Å². The fourth-order valence-electron chi connectivity index (χ4n) is 1.95. The maximum absolute atomic E-state index is 9.66. The maximum Gasteiger partial charge on any atom is 0.0953 e. The van der Waals surface area contributed by atoms with Gasteiger partial charge in [-0.3, -0.25) is 0 Å². The van der Waals surface area contributed by atoms with Crippen LogP contribution in [-0.2, 0) is 4.74 Å². The van der Waals surface area contributed by atoms with Crippen LogP contribution in [0.25, 0.3) is 0 Å².